The summed E-state index contributed by atoms with van der Waals surface area (Å²) >= 11 is 1.97. The fourth-order valence-electron chi connectivity index (χ4n) is 2.45. The van der Waals surface area contributed by atoms with E-state index in [0.29, 0.717) is 5.92 Å². The molecule has 0 bridgehead atoms. The molecular formula is C14H20OS. The minimum absolute atomic E-state index is 0.156. The summed E-state index contributed by atoms with van der Waals surface area (Å²) < 4.78 is 0. The lowest BCUT2D eigenvalue weighted by Crippen LogP contribution is -2.22. The van der Waals surface area contributed by atoms with Crippen molar-refractivity contribution in [2.75, 3.05) is 11.5 Å². The van der Waals surface area contributed by atoms with Crippen molar-refractivity contribution >= 4 is 11.8 Å². The molecule has 1 heterocycles. The average Bonchev–Trinajstić information content (AvgIpc) is 2.68. The van der Waals surface area contributed by atoms with Crippen molar-refractivity contribution in [1.82, 2.24) is 0 Å². The lowest BCUT2D eigenvalue weighted by atomic mass is 9.94. The zero-order chi connectivity index (χ0) is 11.5. The summed E-state index contributed by atoms with van der Waals surface area (Å²) in [5.74, 6) is 2.85. The molecule has 0 spiro atoms. The molecule has 2 unspecified atom stereocenters. The van der Waals surface area contributed by atoms with Crippen molar-refractivity contribution in [3.63, 3.8) is 0 Å². The highest BCUT2D eigenvalue weighted by Gasteiger charge is 2.23. The molecule has 1 aromatic carbocycles. The molecule has 2 rings (SSSR count). The third-order valence-corrected chi connectivity index (χ3v) is 4.42. The van der Waals surface area contributed by atoms with Crippen LogP contribution in [0.3, 0.4) is 0 Å². The maximum atomic E-state index is 10.2. The highest BCUT2D eigenvalue weighted by molar-refractivity contribution is 7.99. The van der Waals surface area contributed by atoms with Crippen molar-refractivity contribution in [2.24, 2.45) is 5.92 Å². The van der Waals surface area contributed by atoms with E-state index in [1.54, 1.807) is 0 Å². The van der Waals surface area contributed by atoms with Crippen molar-refractivity contribution in [2.45, 2.75) is 32.8 Å². The molecule has 88 valence electrons. The van der Waals surface area contributed by atoms with E-state index in [2.05, 4.69) is 32.0 Å². The van der Waals surface area contributed by atoms with Gasteiger partial charge in [0.2, 0.25) is 0 Å². The van der Waals surface area contributed by atoms with E-state index in [9.17, 15) is 5.11 Å². The van der Waals surface area contributed by atoms with Crippen LogP contribution in [0.2, 0.25) is 0 Å². The highest BCUT2D eigenvalue weighted by atomic mass is 32.2. The van der Waals surface area contributed by atoms with Crippen LogP contribution in [0.25, 0.3) is 0 Å². The van der Waals surface area contributed by atoms with Crippen LogP contribution in [0.1, 0.15) is 23.1 Å². The van der Waals surface area contributed by atoms with Gasteiger partial charge < -0.3 is 5.11 Å². The van der Waals surface area contributed by atoms with Crippen molar-refractivity contribution < 1.29 is 5.11 Å². The Morgan fingerprint density at radius 1 is 1.31 bits per heavy atom. The summed E-state index contributed by atoms with van der Waals surface area (Å²) in [5, 5.41) is 10.2. The number of aliphatic hydroxyl groups is 1. The Bertz CT molecular complexity index is 336. The van der Waals surface area contributed by atoms with Gasteiger partial charge in [0.1, 0.15) is 0 Å². The SMILES string of the molecule is Cc1cc(C)cc(CC(O)C2CCSC2)c1. The Morgan fingerprint density at radius 3 is 2.56 bits per heavy atom. The van der Waals surface area contributed by atoms with E-state index in [0.717, 1.165) is 12.2 Å². The molecule has 1 aliphatic rings. The predicted octanol–water partition coefficient (Wildman–Crippen LogP) is 2.96. The molecule has 0 aromatic heterocycles. The van der Waals surface area contributed by atoms with Crippen molar-refractivity contribution in [3.05, 3.63) is 34.9 Å². The zero-order valence-corrected chi connectivity index (χ0v) is 10.9. The molecule has 0 amide bonds. The minimum atomic E-state index is -0.156. The molecule has 0 saturated carbocycles. The van der Waals surface area contributed by atoms with E-state index in [-0.39, 0.29) is 6.10 Å². The molecule has 1 saturated heterocycles. The molecule has 1 aromatic rings. The molecule has 0 radical (unpaired) electrons. The third-order valence-electron chi connectivity index (χ3n) is 3.24. The van der Waals surface area contributed by atoms with E-state index < -0.39 is 0 Å². The van der Waals surface area contributed by atoms with Crippen LogP contribution in [-0.2, 0) is 6.42 Å². The van der Waals surface area contributed by atoms with E-state index in [1.165, 1.54) is 28.9 Å². The second-order valence-electron chi connectivity index (χ2n) is 4.89. The topological polar surface area (TPSA) is 20.2 Å². The second-order valence-corrected chi connectivity index (χ2v) is 6.04. The maximum absolute atomic E-state index is 10.2. The quantitative estimate of drug-likeness (QED) is 0.870. The largest absolute Gasteiger partial charge is 0.392 e. The second kappa shape index (κ2) is 5.24. The molecular weight excluding hydrogens is 216 g/mol. The predicted molar refractivity (Wildman–Crippen MR) is 71.1 cm³/mol. The maximum Gasteiger partial charge on any atom is 0.0616 e. The van der Waals surface area contributed by atoms with Crippen LogP contribution in [0, 0.1) is 19.8 Å². The lowest BCUT2D eigenvalue weighted by Gasteiger charge is -2.17. The molecule has 0 aliphatic carbocycles. The van der Waals surface area contributed by atoms with Gasteiger partial charge >= 0.3 is 0 Å². The van der Waals surface area contributed by atoms with Gasteiger partial charge in [0, 0.05) is 0 Å². The Balaban J connectivity index is 2.02. The Labute approximate surface area is 102 Å². The molecule has 1 nitrogen and oxygen atoms in total. The van der Waals surface area contributed by atoms with Gasteiger partial charge in [-0.05, 0) is 49.7 Å². The van der Waals surface area contributed by atoms with E-state index in [4.69, 9.17) is 0 Å². The van der Waals surface area contributed by atoms with Gasteiger partial charge in [0.15, 0.2) is 0 Å². The average molecular weight is 236 g/mol. The summed E-state index contributed by atoms with van der Waals surface area (Å²) in [6.45, 7) is 4.24. The summed E-state index contributed by atoms with van der Waals surface area (Å²) in [6.07, 6.45) is 1.83. The Kier molecular flexibility index (Phi) is 3.93. The number of aliphatic hydroxyl groups excluding tert-OH is 1. The summed E-state index contributed by atoms with van der Waals surface area (Å²) in [5.41, 5.74) is 3.87. The normalized spacial score (nSPS) is 22.3. The first kappa shape index (κ1) is 12.0. The first-order chi connectivity index (χ1) is 7.65. The van der Waals surface area contributed by atoms with Crippen molar-refractivity contribution in [1.29, 1.82) is 0 Å². The fourth-order valence-corrected chi connectivity index (χ4v) is 3.78. The lowest BCUT2D eigenvalue weighted by molar-refractivity contribution is 0.120. The van der Waals surface area contributed by atoms with Gasteiger partial charge in [-0.25, -0.2) is 0 Å². The minimum Gasteiger partial charge on any atom is -0.392 e. The van der Waals surface area contributed by atoms with Gasteiger partial charge in [-0.15, -0.1) is 0 Å². The standard InChI is InChI=1S/C14H20OS/c1-10-5-11(2)7-12(6-10)8-14(15)13-3-4-16-9-13/h5-7,13-15H,3-4,8-9H2,1-2H3. The van der Waals surface area contributed by atoms with Gasteiger partial charge in [-0.3, -0.25) is 0 Å². The van der Waals surface area contributed by atoms with Gasteiger partial charge in [0.25, 0.3) is 0 Å². The molecule has 2 heteroatoms. The van der Waals surface area contributed by atoms with Gasteiger partial charge in [0.05, 0.1) is 6.10 Å². The third kappa shape index (κ3) is 3.02. The van der Waals surface area contributed by atoms with Crippen LogP contribution in [0.15, 0.2) is 18.2 Å². The number of hydrogen-bond acceptors (Lipinski definition) is 2. The summed E-state index contributed by atoms with van der Waals surface area (Å²) in [7, 11) is 0. The van der Waals surface area contributed by atoms with Gasteiger partial charge in [-0.1, -0.05) is 29.3 Å². The van der Waals surface area contributed by atoms with Crippen LogP contribution in [-0.4, -0.2) is 22.7 Å². The molecule has 1 fully saturated rings. The highest BCUT2D eigenvalue weighted by Crippen LogP contribution is 2.27. The molecule has 2 atom stereocenters. The summed E-state index contributed by atoms with van der Waals surface area (Å²) in [4.78, 5) is 0. The Morgan fingerprint density at radius 2 is 2.00 bits per heavy atom. The van der Waals surface area contributed by atoms with E-state index in [1.807, 2.05) is 11.8 Å². The molecule has 16 heavy (non-hydrogen) atoms. The van der Waals surface area contributed by atoms with Crippen LogP contribution < -0.4 is 0 Å². The number of thioether (sulfide) groups is 1. The number of benzene rings is 1. The monoisotopic (exact) mass is 236 g/mol. The number of rotatable bonds is 3. The molecule has 1 aliphatic heterocycles. The van der Waals surface area contributed by atoms with Crippen LogP contribution in [0.4, 0.5) is 0 Å². The zero-order valence-electron chi connectivity index (χ0n) is 10.1. The number of aryl methyl sites for hydroxylation is 2. The fraction of sp³-hybridized carbons (Fsp3) is 0.571. The Hall–Kier alpha value is -0.470. The molecule has 1 N–H and O–H groups in total. The number of hydrogen-bond donors (Lipinski definition) is 1. The summed E-state index contributed by atoms with van der Waals surface area (Å²) in [6, 6.07) is 6.57. The van der Waals surface area contributed by atoms with Crippen LogP contribution in [0.5, 0.6) is 0 Å². The first-order valence-electron chi connectivity index (χ1n) is 5.98. The van der Waals surface area contributed by atoms with Crippen molar-refractivity contribution in [3.8, 4) is 0 Å². The first-order valence-corrected chi connectivity index (χ1v) is 7.13. The van der Waals surface area contributed by atoms with Gasteiger partial charge in [-0.2, -0.15) is 11.8 Å². The van der Waals surface area contributed by atoms with Crippen LogP contribution >= 0.6 is 11.8 Å². The van der Waals surface area contributed by atoms with E-state index >= 15 is 0 Å². The smallest absolute Gasteiger partial charge is 0.0616 e.